The van der Waals surface area contributed by atoms with Crippen LogP contribution in [0.4, 0.5) is 0 Å². The standard InChI is InChI=1S/C11H11NO3/c13-11(14)9-5-7-4-8(3-6-1-2-6)15-10(7)12-9/h4-6,12H,1-3H2,(H,13,14). The Morgan fingerprint density at radius 2 is 2.33 bits per heavy atom. The van der Waals surface area contributed by atoms with E-state index in [1.165, 1.54) is 12.8 Å². The summed E-state index contributed by atoms with van der Waals surface area (Å²) in [4.78, 5) is 13.4. The first-order valence-corrected chi connectivity index (χ1v) is 5.07. The van der Waals surface area contributed by atoms with Crippen molar-refractivity contribution in [3.63, 3.8) is 0 Å². The van der Waals surface area contributed by atoms with E-state index in [1.807, 2.05) is 6.07 Å². The maximum atomic E-state index is 10.7. The van der Waals surface area contributed by atoms with Crippen molar-refractivity contribution in [2.75, 3.05) is 0 Å². The van der Waals surface area contributed by atoms with Gasteiger partial charge in [-0.15, -0.1) is 0 Å². The molecule has 0 unspecified atom stereocenters. The Labute approximate surface area is 85.9 Å². The van der Waals surface area contributed by atoms with Crippen LogP contribution < -0.4 is 0 Å². The van der Waals surface area contributed by atoms with Crippen molar-refractivity contribution in [3.05, 3.63) is 23.6 Å². The van der Waals surface area contributed by atoms with Gasteiger partial charge in [0.1, 0.15) is 11.5 Å². The van der Waals surface area contributed by atoms with Crippen LogP contribution in [0.15, 0.2) is 16.5 Å². The van der Waals surface area contributed by atoms with Crippen molar-refractivity contribution >= 4 is 17.1 Å². The first-order valence-electron chi connectivity index (χ1n) is 5.07. The number of aromatic amines is 1. The summed E-state index contributed by atoms with van der Waals surface area (Å²) in [6.07, 6.45) is 3.55. The summed E-state index contributed by atoms with van der Waals surface area (Å²) < 4.78 is 5.53. The van der Waals surface area contributed by atoms with Gasteiger partial charge in [0.25, 0.3) is 0 Å². The van der Waals surface area contributed by atoms with E-state index in [2.05, 4.69) is 4.98 Å². The van der Waals surface area contributed by atoms with Gasteiger partial charge in [0.15, 0.2) is 0 Å². The molecule has 2 N–H and O–H groups in total. The highest BCUT2D eigenvalue weighted by Crippen LogP contribution is 2.34. The van der Waals surface area contributed by atoms with Crippen LogP contribution in [0.1, 0.15) is 29.1 Å². The third kappa shape index (κ3) is 1.52. The zero-order chi connectivity index (χ0) is 10.4. The molecule has 0 spiro atoms. The molecule has 2 aromatic heterocycles. The van der Waals surface area contributed by atoms with Gasteiger partial charge in [0.05, 0.1) is 0 Å². The quantitative estimate of drug-likeness (QED) is 0.808. The number of hydrogen-bond acceptors (Lipinski definition) is 2. The highest BCUT2D eigenvalue weighted by Gasteiger charge is 2.23. The third-order valence-corrected chi connectivity index (χ3v) is 2.78. The van der Waals surface area contributed by atoms with Crippen LogP contribution in [0, 0.1) is 5.92 Å². The molecule has 15 heavy (non-hydrogen) atoms. The lowest BCUT2D eigenvalue weighted by atomic mass is 10.2. The fourth-order valence-corrected chi connectivity index (χ4v) is 1.80. The minimum Gasteiger partial charge on any atom is -0.477 e. The predicted molar refractivity (Wildman–Crippen MR) is 54.0 cm³/mol. The van der Waals surface area contributed by atoms with Crippen molar-refractivity contribution in [2.45, 2.75) is 19.3 Å². The van der Waals surface area contributed by atoms with Gasteiger partial charge in [-0.05, 0) is 30.9 Å². The summed E-state index contributed by atoms with van der Waals surface area (Å²) in [5.41, 5.74) is 0.754. The molecule has 0 bridgehead atoms. The van der Waals surface area contributed by atoms with Crippen molar-refractivity contribution in [1.29, 1.82) is 0 Å². The molecule has 0 amide bonds. The van der Waals surface area contributed by atoms with Crippen molar-refractivity contribution < 1.29 is 14.3 Å². The van der Waals surface area contributed by atoms with Crippen LogP contribution in [-0.4, -0.2) is 16.1 Å². The number of carboxylic acid groups (broad SMARTS) is 1. The molecular formula is C11H11NO3. The molecule has 78 valence electrons. The van der Waals surface area contributed by atoms with Crippen LogP contribution in [0.3, 0.4) is 0 Å². The Balaban J connectivity index is 1.94. The predicted octanol–water partition coefficient (Wildman–Crippen LogP) is 2.41. The van der Waals surface area contributed by atoms with Gasteiger partial charge in [-0.2, -0.15) is 0 Å². The van der Waals surface area contributed by atoms with E-state index in [1.54, 1.807) is 6.07 Å². The first kappa shape index (κ1) is 8.59. The lowest BCUT2D eigenvalue weighted by molar-refractivity contribution is 0.0691. The van der Waals surface area contributed by atoms with E-state index in [-0.39, 0.29) is 5.69 Å². The highest BCUT2D eigenvalue weighted by atomic mass is 16.4. The van der Waals surface area contributed by atoms with Crippen molar-refractivity contribution in [1.82, 2.24) is 4.98 Å². The van der Waals surface area contributed by atoms with Gasteiger partial charge in [-0.3, -0.25) is 0 Å². The van der Waals surface area contributed by atoms with E-state index in [0.717, 1.165) is 23.5 Å². The van der Waals surface area contributed by atoms with Crippen molar-refractivity contribution in [2.24, 2.45) is 5.92 Å². The molecule has 1 aliphatic rings. The maximum absolute atomic E-state index is 10.7. The Kier molecular flexibility index (Phi) is 1.65. The molecule has 2 heterocycles. The molecule has 0 radical (unpaired) electrons. The summed E-state index contributed by atoms with van der Waals surface area (Å²) in [5, 5.41) is 9.61. The van der Waals surface area contributed by atoms with Gasteiger partial charge < -0.3 is 14.5 Å². The normalized spacial score (nSPS) is 16.0. The molecule has 1 aliphatic carbocycles. The zero-order valence-electron chi connectivity index (χ0n) is 8.12. The second-order valence-corrected chi connectivity index (χ2v) is 4.13. The van der Waals surface area contributed by atoms with Gasteiger partial charge in [0, 0.05) is 11.8 Å². The molecular weight excluding hydrogens is 194 g/mol. The number of H-pyrrole nitrogens is 1. The van der Waals surface area contributed by atoms with E-state index in [9.17, 15) is 4.79 Å². The fourth-order valence-electron chi connectivity index (χ4n) is 1.80. The Bertz CT molecular complexity index is 487. The van der Waals surface area contributed by atoms with E-state index in [0.29, 0.717) is 5.71 Å². The number of carbonyl (C=O) groups is 1. The molecule has 1 fully saturated rings. The lowest BCUT2D eigenvalue weighted by Gasteiger charge is -1.90. The van der Waals surface area contributed by atoms with Crippen LogP contribution >= 0.6 is 0 Å². The average molecular weight is 205 g/mol. The first-order chi connectivity index (χ1) is 7.22. The van der Waals surface area contributed by atoms with Crippen LogP contribution in [0.2, 0.25) is 0 Å². The lowest BCUT2D eigenvalue weighted by Crippen LogP contribution is -1.95. The monoisotopic (exact) mass is 205 g/mol. The number of hydrogen-bond donors (Lipinski definition) is 2. The number of carboxylic acids is 1. The minimum atomic E-state index is -0.954. The number of aromatic carboxylic acids is 1. The van der Waals surface area contributed by atoms with Gasteiger partial charge >= 0.3 is 5.97 Å². The molecule has 3 rings (SSSR count). The molecule has 4 heteroatoms. The van der Waals surface area contributed by atoms with Gasteiger partial charge in [0.2, 0.25) is 5.71 Å². The second-order valence-electron chi connectivity index (χ2n) is 4.13. The summed E-state index contributed by atoms with van der Waals surface area (Å²) in [6.45, 7) is 0. The molecule has 0 aliphatic heterocycles. The molecule has 0 atom stereocenters. The zero-order valence-corrected chi connectivity index (χ0v) is 8.12. The number of fused-ring (bicyclic) bond motifs is 1. The largest absolute Gasteiger partial charge is 0.477 e. The molecule has 1 saturated carbocycles. The molecule has 0 saturated heterocycles. The Morgan fingerprint density at radius 1 is 1.53 bits per heavy atom. The summed E-state index contributed by atoms with van der Waals surface area (Å²) in [5.74, 6) is 0.778. The average Bonchev–Trinajstić information content (AvgIpc) is 2.72. The smallest absolute Gasteiger partial charge is 0.352 e. The van der Waals surface area contributed by atoms with E-state index < -0.39 is 5.97 Å². The molecule has 2 aromatic rings. The molecule has 0 aromatic carbocycles. The van der Waals surface area contributed by atoms with E-state index >= 15 is 0 Å². The van der Waals surface area contributed by atoms with Gasteiger partial charge in [-0.1, -0.05) is 0 Å². The SMILES string of the molecule is O=C(O)c1cc2cc(CC3CC3)oc2[nH]1. The maximum Gasteiger partial charge on any atom is 0.352 e. The fraction of sp³-hybridized carbons (Fsp3) is 0.364. The van der Waals surface area contributed by atoms with E-state index in [4.69, 9.17) is 9.52 Å². The number of aromatic nitrogens is 1. The summed E-state index contributed by atoms with van der Waals surface area (Å²) in [6, 6.07) is 3.54. The highest BCUT2D eigenvalue weighted by molar-refractivity contribution is 5.92. The third-order valence-electron chi connectivity index (χ3n) is 2.78. The topological polar surface area (TPSA) is 66.2 Å². The van der Waals surface area contributed by atoms with Crippen LogP contribution in [0.5, 0.6) is 0 Å². The molecule has 4 nitrogen and oxygen atoms in total. The Hall–Kier alpha value is -1.71. The summed E-state index contributed by atoms with van der Waals surface area (Å²) in [7, 11) is 0. The number of rotatable bonds is 3. The minimum absolute atomic E-state index is 0.182. The second kappa shape index (κ2) is 2.89. The summed E-state index contributed by atoms with van der Waals surface area (Å²) >= 11 is 0. The van der Waals surface area contributed by atoms with Crippen molar-refractivity contribution in [3.8, 4) is 0 Å². The van der Waals surface area contributed by atoms with Gasteiger partial charge in [-0.25, -0.2) is 4.79 Å². The van der Waals surface area contributed by atoms with Crippen LogP contribution in [0.25, 0.3) is 11.1 Å². The number of furan rings is 1. The van der Waals surface area contributed by atoms with Crippen LogP contribution in [-0.2, 0) is 6.42 Å². The Morgan fingerprint density at radius 3 is 2.93 bits per heavy atom. The number of nitrogens with one attached hydrogen (secondary N) is 1.